The van der Waals surface area contributed by atoms with E-state index in [0.717, 1.165) is 35.5 Å². The number of fused-ring (bicyclic) bond motifs is 1. The number of nitrogens with one attached hydrogen (secondary N) is 2. The maximum atomic E-state index is 12.4. The number of para-hydroxylation sites is 1. The summed E-state index contributed by atoms with van der Waals surface area (Å²) in [5, 5.41) is 5.45. The molecule has 1 aromatic heterocycles. The lowest BCUT2D eigenvalue weighted by atomic mass is 10.1. The Balaban J connectivity index is 1.38. The summed E-state index contributed by atoms with van der Waals surface area (Å²) in [6.07, 6.45) is 2.57. The Morgan fingerprint density at radius 2 is 1.77 bits per heavy atom. The van der Waals surface area contributed by atoms with Gasteiger partial charge >= 0.3 is 11.8 Å². The molecular formula is C24H25N3O3. The Kier molecular flexibility index (Phi) is 5.84. The zero-order valence-corrected chi connectivity index (χ0v) is 16.9. The average molecular weight is 403 g/mol. The number of anilines is 1. The van der Waals surface area contributed by atoms with Crippen LogP contribution >= 0.6 is 0 Å². The summed E-state index contributed by atoms with van der Waals surface area (Å²) in [4.78, 5) is 26.8. The minimum Gasteiger partial charge on any atom is -0.467 e. The van der Waals surface area contributed by atoms with E-state index in [1.165, 1.54) is 5.56 Å². The summed E-state index contributed by atoms with van der Waals surface area (Å²) in [5.74, 6) is -0.534. The van der Waals surface area contributed by atoms with Crippen molar-refractivity contribution in [3.8, 4) is 0 Å². The van der Waals surface area contributed by atoms with Crippen LogP contribution in [0.25, 0.3) is 0 Å². The first kappa shape index (κ1) is 19.8. The number of hydrogen-bond acceptors (Lipinski definition) is 4. The van der Waals surface area contributed by atoms with E-state index in [1.807, 2.05) is 55.5 Å². The van der Waals surface area contributed by atoms with Crippen molar-refractivity contribution in [1.29, 1.82) is 0 Å². The van der Waals surface area contributed by atoms with Crippen molar-refractivity contribution >= 4 is 17.5 Å². The van der Waals surface area contributed by atoms with Crippen LogP contribution in [0.3, 0.4) is 0 Å². The van der Waals surface area contributed by atoms with Gasteiger partial charge in [0.25, 0.3) is 0 Å². The maximum Gasteiger partial charge on any atom is 0.309 e. The molecule has 0 aliphatic carbocycles. The Hall–Kier alpha value is -3.54. The Morgan fingerprint density at radius 1 is 1.00 bits per heavy atom. The van der Waals surface area contributed by atoms with Crippen LogP contribution in [0.1, 0.15) is 28.5 Å². The number of amides is 2. The highest BCUT2D eigenvalue weighted by atomic mass is 16.3. The minimum atomic E-state index is -0.647. The fraction of sp³-hybridized carbons (Fsp3) is 0.250. The van der Waals surface area contributed by atoms with Crippen molar-refractivity contribution in [2.75, 3.05) is 18.0 Å². The van der Waals surface area contributed by atoms with Crippen molar-refractivity contribution in [2.45, 2.75) is 25.9 Å². The standard InChI is InChI=1S/C24H25N3O3/c1-17-8-10-18(11-9-17)15-25-23(28)24(29)26-16-21(22-7-4-14-30-22)27-13-12-19-5-2-3-6-20(19)27/h2-11,14,21H,12-13,15-16H2,1H3,(H,25,28)(H,26,29). The highest BCUT2D eigenvalue weighted by Gasteiger charge is 2.29. The Bertz CT molecular complexity index is 1010. The van der Waals surface area contributed by atoms with Crippen LogP contribution in [0.4, 0.5) is 5.69 Å². The second-order valence-electron chi connectivity index (χ2n) is 7.48. The van der Waals surface area contributed by atoms with Gasteiger partial charge in [-0.2, -0.15) is 0 Å². The normalized spacial score (nSPS) is 13.6. The van der Waals surface area contributed by atoms with E-state index in [-0.39, 0.29) is 12.6 Å². The monoisotopic (exact) mass is 403 g/mol. The predicted octanol–water partition coefficient (Wildman–Crippen LogP) is 3.12. The smallest absolute Gasteiger partial charge is 0.309 e. The number of benzene rings is 2. The van der Waals surface area contributed by atoms with Crippen LogP contribution in [0, 0.1) is 6.92 Å². The summed E-state index contributed by atoms with van der Waals surface area (Å²) in [5.41, 5.74) is 4.51. The molecule has 0 saturated heterocycles. The van der Waals surface area contributed by atoms with Gasteiger partial charge in [0.15, 0.2) is 0 Å². The van der Waals surface area contributed by atoms with E-state index < -0.39 is 11.8 Å². The van der Waals surface area contributed by atoms with E-state index in [9.17, 15) is 9.59 Å². The molecule has 2 N–H and O–H groups in total. The predicted molar refractivity (Wildman–Crippen MR) is 115 cm³/mol. The highest BCUT2D eigenvalue weighted by Crippen LogP contribution is 2.34. The summed E-state index contributed by atoms with van der Waals surface area (Å²) < 4.78 is 5.64. The fourth-order valence-electron chi connectivity index (χ4n) is 3.77. The van der Waals surface area contributed by atoms with E-state index in [1.54, 1.807) is 6.26 Å². The molecule has 1 atom stereocenters. The SMILES string of the molecule is Cc1ccc(CNC(=O)C(=O)NCC(c2ccco2)N2CCc3ccccc32)cc1. The summed E-state index contributed by atoms with van der Waals surface area (Å²) in [6, 6.07) is 19.6. The minimum absolute atomic E-state index is 0.183. The van der Waals surface area contributed by atoms with Crippen LogP contribution in [0.2, 0.25) is 0 Å². The molecule has 0 bridgehead atoms. The summed E-state index contributed by atoms with van der Waals surface area (Å²) >= 11 is 0. The molecule has 6 heteroatoms. The number of rotatable bonds is 6. The van der Waals surface area contributed by atoms with Gasteiger partial charge < -0.3 is 20.0 Å². The molecule has 2 heterocycles. The summed E-state index contributed by atoms with van der Waals surface area (Å²) in [7, 11) is 0. The van der Waals surface area contributed by atoms with Gasteiger partial charge in [0.1, 0.15) is 11.8 Å². The molecule has 2 aromatic carbocycles. The second kappa shape index (κ2) is 8.86. The first-order chi connectivity index (χ1) is 14.6. The van der Waals surface area contributed by atoms with E-state index >= 15 is 0 Å². The van der Waals surface area contributed by atoms with Crippen LogP contribution < -0.4 is 15.5 Å². The molecule has 1 unspecified atom stereocenters. The van der Waals surface area contributed by atoms with Gasteiger partial charge in [0.05, 0.1) is 6.26 Å². The average Bonchev–Trinajstić information content (AvgIpc) is 3.44. The molecule has 1 aliphatic rings. The molecule has 4 rings (SSSR count). The number of furan rings is 1. The number of carbonyl (C=O) groups is 2. The molecule has 30 heavy (non-hydrogen) atoms. The van der Waals surface area contributed by atoms with Crippen LogP contribution in [-0.2, 0) is 22.6 Å². The van der Waals surface area contributed by atoms with Gasteiger partial charge in [-0.1, -0.05) is 48.0 Å². The quantitative estimate of drug-likeness (QED) is 0.620. The Morgan fingerprint density at radius 3 is 2.53 bits per heavy atom. The van der Waals surface area contributed by atoms with E-state index in [0.29, 0.717) is 6.54 Å². The maximum absolute atomic E-state index is 12.4. The van der Waals surface area contributed by atoms with E-state index in [2.05, 4.69) is 27.7 Å². The van der Waals surface area contributed by atoms with Crippen LogP contribution in [0.5, 0.6) is 0 Å². The van der Waals surface area contributed by atoms with Gasteiger partial charge in [-0.25, -0.2) is 0 Å². The molecule has 1 aliphatic heterocycles. The van der Waals surface area contributed by atoms with Gasteiger partial charge in [0, 0.05) is 25.3 Å². The van der Waals surface area contributed by atoms with Crippen molar-refractivity contribution in [1.82, 2.24) is 10.6 Å². The Labute approximate surface area is 175 Å². The second-order valence-corrected chi connectivity index (χ2v) is 7.48. The zero-order valence-electron chi connectivity index (χ0n) is 16.9. The fourth-order valence-corrected chi connectivity index (χ4v) is 3.77. The van der Waals surface area contributed by atoms with Crippen molar-refractivity contribution < 1.29 is 14.0 Å². The van der Waals surface area contributed by atoms with E-state index in [4.69, 9.17) is 4.42 Å². The van der Waals surface area contributed by atoms with Gasteiger partial charge in [-0.3, -0.25) is 9.59 Å². The van der Waals surface area contributed by atoms with Gasteiger partial charge in [-0.05, 0) is 42.7 Å². The third-order valence-electron chi connectivity index (χ3n) is 5.41. The number of carbonyl (C=O) groups excluding carboxylic acids is 2. The lowest BCUT2D eigenvalue weighted by molar-refractivity contribution is -0.139. The third-order valence-corrected chi connectivity index (χ3v) is 5.41. The topological polar surface area (TPSA) is 74.6 Å². The molecule has 2 amide bonds. The molecule has 0 spiro atoms. The molecule has 3 aromatic rings. The number of aryl methyl sites for hydroxylation is 1. The zero-order chi connectivity index (χ0) is 20.9. The molecule has 0 radical (unpaired) electrons. The third kappa shape index (κ3) is 4.38. The molecule has 0 saturated carbocycles. The lowest BCUT2D eigenvalue weighted by Gasteiger charge is -2.29. The molecular weight excluding hydrogens is 378 g/mol. The van der Waals surface area contributed by atoms with Crippen molar-refractivity contribution in [3.05, 3.63) is 89.4 Å². The summed E-state index contributed by atoms with van der Waals surface area (Å²) in [6.45, 7) is 3.43. The first-order valence-corrected chi connectivity index (χ1v) is 10.1. The largest absolute Gasteiger partial charge is 0.467 e. The molecule has 0 fully saturated rings. The number of hydrogen-bond donors (Lipinski definition) is 2. The molecule has 154 valence electrons. The highest BCUT2D eigenvalue weighted by molar-refractivity contribution is 6.35. The van der Waals surface area contributed by atoms with Gasteiger partial charge in [0.2, 0.25) is 0 Å². The van der Waals surface area contributed by atoms with Crippen LogP contribution in [-0.4, -0.2) is 24.9 Å². The van der Waals surface area contributed by atoms with Crippen molar-refractivity contribution in [3.63, 3.8) is 0 Å². The molecule has 6 nitrogen and oxygen atoms in total. The lowest BCUT2D eigenvalue weighted by Crippen LogP contribution is -2.43. The van der Waals surface area contributed by atoms with Crippen molar-refractivity contribution in [2.24, 2.45) is 0 Å². The van der Waals surface area contributed by atoms with Gasteiger partial charge in [-0.15, -0.1) is 0 Å². The first-order valence-electron chi connectivity index (χ1n) is 10.1. The van der Waals surface area contributed by atoms with Crippen LogP contribution in [0.15, 0.2) is 71.3 Å². The number of nitrogens with zero attached hydrogens (tertiary/aromatic N) is 1.